The maximum Gasteiger partial charge on any atom is 0.148 e. The summed E-state index contributed by atoms with van der Waals surface area (Å²) in [6.07, 6.45) is 5.33. The lowest BCUT2D eigenvalue weighted by Gasteiger charge is -2.14. The highest BCUT2D eigenvalue weighted by molar-refractivity contribution is 9.10. The van der Waals surface area contributed by atoms with Gasteiger partial charge in [0.15, 0.2) is 0 Å². The molecule has 0 aliphatic rings. The third-order valence-electron chi connectivity index (χ3n) is 2.99. The molecule has 0 heterocycles. The van der Waals surface area contributed by atoms with Gasteiger partial charge in [0.1, 0.15) is 5.82 Å². The van der Waals surface area contributed by atoms with E-state index in [2.05, 4.69) is 22.9 Å². The third-order valence-corrected chi connectivity index (χ3v) is 3.98. The number of rotatable bonds is 7. The predicted molar refractivity (Wildman–Crippen MR) is 77.4 cm³/mol. The molecule has 1 N–H and O–H groups in total. The summed E-state index contributed by atoms with van der Waals surface area (Å²) >= 11 is 8.98. The van der Waals surface area contributed by atoms with Crippen LogP contribution in [0.15, 0.2) is 16.6 Å². The van der Waals surface area contributed by atoms with Crippen molar-refractivity contribution in [2.45, 2.75) is 51.6 Å². The van der Waals surface area contributed by atoms with Gasteiger partial charge in [0.05, 0.1) is 11.1 Å². The van der Waals surface area contributed by atoms with Gasteiger partial charge in [-0.05, 0) is 18.6 Å². The Morgan fingerprint density at radius 1 is 1.28 bits per heavy atom. The van der Waals surface area contributed by atoms with E-state index >= 15 is 0 Å². The van der Waals surface area contributed by atoms with Crippen molar-refractivity contribution in [3.8, 4) is 0 Å². The van der Waals surface area contributed by atoms with Gasteiger partial charge in [0.25, 0.3) is 0 Å². The molecule has 18 heavy (non-hydrogen) atoms. The summed E-state index contributed by atoms with van der Waals surface area (Å²) in [5, 5.41) is 10.1. The van der Waals surface area contributed by atoms with Crippen LogP contribution >= 0.6 is 27.5 Å². The second-order valence-corrected chi connectivity index (χ2v) is 5.74. The van der Waals surface area contributed by atoms with Crippen molar-refractivity contribution in [1.29, 1.82) is 0 Å². The van der Waals surface area contributed by atoms with E-state index in [1.54, 1.807) is 6.07 Å². The highest BCUT2D eigenvalue weighted by atomic mass is 79.9. The van der Waals surface area contributed by atoms with Crippen LogP contribution in [0.4, 0.5) is 4.39 Å². The van der Waals surface area contributed by atoms with E-state index in [1.165, 1.54) is 25.3 Å². The monoisotopic (exact) mass is 336 g/mol. The lowest BCUT2D eigenvalue weighted by molar-refractivity contribution is 0.158. The van der Waals surface area contributed by atoms with Gasteiger partial charge in [-0.15, -0.1) is 0 Å². The van der Waals surface area contributed by atoms with Crippen molar-refractivity contribution in [2.24, 2.45) is 0 Å². The van der Waals surface area contributed by atoms with Crippen molar-refractivity contribution in [3.05, 3.63) is 33.0 Å². The topological polar surface area (TPSA) is 20.2 Å². The van der Waals surface area contributed by atoms with E-state index in [-0.39, 0.29) is 10.6 Å². The Labute approximate surface area is 121 Å². The van der Waals surface area contributed by atoms with Gasteiger partial charge in [-0.25, -0.2) is 4.39 Å². The van der Waals surface area contributed by atoms with Gasteiger partial charge in [-0.3, -0.25) is 0 Å². The zero-order valence-corrected chi connectivity index (χ0v) is 12.9. The van der Waals surface area contributed by atoms with Gasteiger partial charge in [0.2, 0.25) is 0 Å². The zero-order valence-electron chi connectivity index (χ0n) is 10.6. The van der Waals surface area contributed by atoms with E-state index in [0.29, 0.717) is 10.9 Å². The molecule has 0 fully saturated rings. The maximum atomic E-state index is 13.8. The van der Waals surface area contributed by atoms with E-state index in [1.807, 2.05) is 0 Å². The Bertz CT molecular complexity index is 384. The van der Waals surface area contributed by atoms with Crippen LogP contribution in [-0.4, -0.2) is 5.11 Å². The van der Waals surface area contributed by atoms with Gasteiger partial charge < -0.3 is 5.11 Å². The molecule has 1 unspecified atom stereocenters. The minimum absolute atomic E-state index is 0.0539. The summed E-state index contributed by atoms with van der Waals surface area (Å²) in [6, 6.07) is 3.15. The number of hydrogen-bond donors (Lipinski definition) is 1. The first kappa shape index (κ1) is 15.9. The molecular weight excluding hydrogens is 319 g/mol. The Morgan fingerprint density at radius 3 is 2.61 bits per heavy atom. The molecule has 0 spiro atoms. The molecule has 0 saturated carbocycles. The summed E-state index contributed by atoms with van der Waals surface area (Å²) in [4.78, 5) is 0. The highest BCUT2D eigenvalue weighted by Gasteiger charge is 2.18. The summed E-state index contributed by atoms with van der Waals surface area (Å²) in [6.45, 7) is 2.16. The molecular formula is C14H19BrClFO. The Morgan fingerprint density at radius 2 is 1.94 bits per heavy atom. The molecule has 0 aliphatic carbocycles. The normalized spacial score (nSPS) is 12.7. The fourth-order valence-electron chi connectivity index (χ4n) is 1.93. The van der Waals surface area contributed by atoms with Crippen LogP contribution in [0.25, 0.3) is 0 Å². The van der Waals surface area contributed by atoms with Crippen molar-refractivity contribution >= 4 is 27.5 Å². The summed E-state index contributed by atoms with van der Waals surface area (Å²) in [5.74, 6) is -0.521. The summed E-state index contributed by atoms with van der Waals surface area (Å²) < 4.78 is 14.4. The minimum atomic E-state index is -0.792. The molecule has 1 aromatic rings. The fraction of sp³-hybridized carbons (Fsp3) is 0.571. The van der Waals surface area contributed by atoms with Crippen LogP contribution in [0, 0.1) is 5.82 Å². The van der Waals surface area contributed by atoms with Crippen molar-refractivity contribution in [1.82, 2.24) is 0 Å². The lowest BCUT2D eigenvalue weighted by atomic mass is 10.0. The molecule has 0 radical (unpaired) electrons. The van der Waals surface area contributed by atoms with Crippen LogP contribution in [0.5, 0.6) is 0 Å². The van der Waals surface area contributed by atoms with E-state index in [9.17, 15) is 9.50 Å². The SMILES string of the molecule is CCCCCCCC(O)c1c(Br)ccc(Cl)c1F. The second kappa shape index (κ2) is 8.13. The van der Waals surface area contributed by atoms with Crippen molar-refractivity contribution in [2.75, 3.05) is 0 Å². The Kier molecular flexibility index (Phi) is 7.20. The van der Waals surface area contributed by atoms with Crippen LogP contribution in [0.3, 0.4) is 0 Å². The molecule has 1 aromatic carbocycles. The maximum absolute atomic E-state index is 13.8. The van der Waals surface area contributed by atoms with Gasteiger partial charge in [0, 0.05) is 10.0 Å². The van der Waals surface area contributed by atoms with Crippen LogP contribution in [0.2, 0.25) is 5.02 Å². The first-order chi connectivity index (χ1) is 8.57. The largest absolute Gasteiger partial charge is 0.388 e. The number of benzene rings is 1. The van der Waals surface area contributed by atoms with Crippen LogP contribution in [-0.2, 0) is 0 Å². The molecule has 1 rings (SSSR count). The van der Waals surface area contributed by atoms with E-state index < -0.39 is 11.9 Å². The summed E-state index contributed by atoms with van der Waals surface area (Å²) in [7, 11) is 0. The number of unbranched alkanes of at least 4 members (excludes halogenated alkanes) is 4. The van der Waals surface area contributed by atoms with Gasteiger partial charge in [-0.2, -0.15) is 0 Å². The van der Waals surface area contributed by atoms with Gasteiger partial charge in [-0.1, -0.05) is 66.6 Å². The Hall–Kier alpha value is -0.120. The molecule has 0 amide bonds. The molecule has 0 saturated heterocycles. The highest BCUT2D eigenvalue weighted by Crippen LogP contribution is 2.33. The van der Waals surface area contributed by atoms with E-state index in [0.717, 1.165) is 12.8 Å². The molecule has 0 aliphatic heterocycles. The number of aliphatic hydroxyl groups excluding tert-OH is 1. The van der Waals surface area contributed by atoms with Crippen molar-refractivity contribution in [3.63, 3.8) is 0 Å². The molecule has 1 nitrogen and oxygen atoms in total. The smallest absolute Gasteiger partial charge is 0.148 e. The average molecular weight is 338 g/mol. The van der Waals surface area contributed by atoms with Crippen LogP contribution < -0.4 is 0 Å². The molecule has 102 valence electrons. The first-order valence-electron chi connectivity index (χ1n) is 6.39. The van der Waals surface area contributed by atoms with E-state index in [4.69, 9.17) is 11.6 Å². The number of halogens is 3. The molecule has 0 bridgehead atoms. The second-order valence-electron chi connectivity index (χ2n) is 4.48. The third kappa shape index (κ3) is 4.52. The number of aliphatic hydroxyl groups is 1. The standard InChI is InChI=1S/C14H19BrClFO/c1-2-3-4-5-6-7-12(18)13-10(15)8-9-11(16)14(13)17/h8-9,12,18H,2-7H2,1H3. The first-order valence-corrected chi connectivity index (χ1v) is 7.56. The minimum Gasteiger partial charge on any atom is -0.388 e. The Balaban J connectivity index is 2.56. The molecule has 0 aromatic heterocycles. The molecule has 1 atom stereocenters. The number of hydrogen-bond acceptors (Lipinski definition) is 1. The van der Waals surface area contributed by atoms with Crippen molar-refractivity contribution < 1.29 is 9.50 Å². The van der Waals surface area contributed by atoms with Gasteiger partial charge >= 0.3 is 0 Å². The lowest BCUT2D eigenvalue weighted by Crippen LogP contribution is -2.02. The molecule has 4 heteroatoms. The quantitative estimate of drug-likeness (QED) is 0.504. The summed E-state index contributed by atoms with van der Waals surface area (Å²) in [5.41, 5.74) is 0.276. The van der Waals surface area contributed by atoms with Crippen LogP contribution in [0.1, 0.15) is 57.1 Å². The predicted octanol–water partition coefficient (Wildman–Crippen LogP) is 5.64. The zero-order chi connectivity index (χ0) is 13.5. The average Bonchev–Trinajstić information content (AvgIpc) is 2.34. The fourth-order valence-corrected chi connectivity index (χ4v) is 2.67.